The molecule has 1 N–H and O–H groups in total. The van der Waals surface area contributed by atoms with Crippen LogP contribution in [0.25, 0.3) is 10.9 Å². The third-order valence-electron chi connectivity index (χ3n) is 7.33. The highest BCUT2D eigenvalue weighted by Crippen LogP contribution is 2.33. The molecule has 188 valence electrons. The zero-order valence-electron chi connectivity index (χ0n) is 21.4. The van der Waals surface area contributed by atoms with Gasteiger partial charge in [-0.15, -0.1) is 5.10 Å². The number of carbonyl (C=O) groups excluding carboxylic acids is 1. The van der Waals surface area contributed by atoms with E-state index in [1.165, 1.54) is 5.56 Å². The quantitative estimate of drug-likeness (QED) is 0.491. The van der Waals surface area contributed by atoms with Crippen molar-refractivity contribution in [2.75, 3.05) is 19.7 Å². The van der Waals surface area contributed by atoms with E-state index in [1.807, 2.05) is 29.8 Å². The molecule has 0 amide bonds. The summed E-state index contributed by atoms with van der Waals surface area (Å²) in [5.41, 5.74) is 2.16. The van der Waals surface area contributed by atoms with Crippen LogP contribution in [-0.4, -0.2) is 55.8 Å². The van der Waals surface area contributed by atoms with Crippen molar-refractivity contribution in [1.29, 1.82) is 0 Å². The average Bonchev–Trinajstić information content (AvgIpc) is 3.35. The van der Waals surface area contributed by atoms with Gasteiger partial charge in [-0.2, -0.15) is 0 Å². The Hall–Kier alpha value is -3.07. The third-order valence-corrected chi connectivity index (χ3v) is 7.33. The molecule has 1 atom stereocenters. The van der Waals surface area contributed by atoms with Crippen LogP contribution in [0.5, 0.6) is 0 Å². The van der Waals surface area contributed by atoms with Gasteiger partial charge in [0.2, 0.25) is 0 Å². The van der Waals surface area contributed by atoms with Crippen LogP contribution in [0.4, 0.5) is 0 Å². The summed E-state index contributed by atoms with van der Waals surface area (Å²) in [5, 5.41) is 13.8. The van der Waals surface area contributed by atoms with Crippen LogP contribution < -0.4 is 5.56 Å². The van der Waals surface area contributed by atoms with E-state index in [4.69, 9.17) is 4.74 Å². The number of aryl methyl sites for hydroxylation is 1. The van der Waals surface area contributed by atoms with Gasteiger partial charge in [0.1, 0.15) is 6.04 Å². The molecule has 35 heavy (non-hydrogen) atoms. The first-order chi connectivity index (χ1) is 16.8. The molecule has 3 aromatic rings. The number of aromatic amines is 1. The molecule has 1 aliphatic rings. The van der Waals surface area contributed by atoms with Crippen molar-refractivity contribution in [3.8, 4) is 0 Å². The fourth-order valence-corrected chi connectivity index (χ4v) is 4.79. The van der Waals surface area contributed by atoms with Gasteiger partial charge in [-0.25, -0.2) is 4.68 Å². The largest absolute Gasteiger partial charge is 0.466 e. The maximum absolute atomic E-state index is 13.4. The van der Waals surface area contributed by atoms with Gasteiger partial charge in [-0.05, 0) is 86.0 Å². The number of ether oxygens (including phenoxy) is 1. The molecule has 9 nitrogen and oxygen atoms in total. The topological polar surface area (TPSA) is 106 Å². The number of H-pyrrole nitrogens is 1. The maximum Gasteiger partial charge on any atom is 0.309 e. The SMILES string of the molecule is CCOC(=O)C1CCN(C(c2cc3cc(CC)ccc3[nH]c2=O)c2nnnn2C(C)(C)CC)CC1. The molecule has 0 aliphatic carbocycles. The lowest BCUT2D eigenvalue weighted by molar-refractivity contribution is -0.149. The summed E-state index contributed by atoms with van der Waals surface area (Å²) in [6, 6.07) is 7.67. The lowest BCUT2D eigenvalue weighted by Gasteiger charge is -2.37. The maximum atomic E-state index is 13.4. The second kappa shape index (κ2) is 10.3. The van der Waals surface area contributed by atoms with Crippen molar-refractivity contribution in [3.63, 3.8) is 0 Å². The minimum absolute atomic E-state index is 0.128. The highest BCUT2D eigenvalue weighted by molar-refractivity contribution is 5.80. The number of nitrogens with one attached hydrogen (secondary N) is 1. The lowest BCUT2D eigenvalue weighted by Crippen LogP contribution is -2.43. The number of rotatable bonds is 8. The average molecular weight is 481 g/mol. The van der Waals surface area contributed by atoms with Gasteiger partial charge >= 0.3 is 5.97 Å². The molecule has 1 fully saturated rings. The van der Waals surface area contributed by atoms with Gasteiger partial charge in [0, 0.05) is 24.2 Å². The number of carbonyl (C=O) groups is 1. The Morgan fingerprint density at radius 1 is 1.20 bits per heavy atom. The molecule has 0 bridgehead atoms. The molecular weight excluding hydrogens is 444 g/mol. The van der Waals surface area contributed by atoms with Crippen LogP contribution in [0.3, 0.4) is 0 Å². The Balaban J connectivity index is 1.80. The van der Waals surface area contributed by atoms with Crippen LogP contribution in [0.1, 0.15) is 76.9 Å². The van der Waals surface area contributed by atoms with Crippen molar-refractivity contribution < 1.29 is 9.53 Å². The van der Waals surface area contributed by atoms with E-state index < -0.39 is 6.04 Å². The fourth-order valence-electron chi connectivity index (χ4n) is 4.79. The van der Waals surface area contributed by atoms with Crippen LogP contribution in [0.15, 0.2) is 29.1 Å². The number of nitrogens with zero attached hydrogens (tertiary/aromatic N) is 5. The summed E-state index contributed by atoms with van der Waals surface area (Å²) < 4.78 is 7.10. The zero-order valence-corrected chi connectivity index (χ0v) is 21.4. The fraction of sp³-hybridized carbons (Fsp3) is 0.577. The minimum Gasteiger partial charge on any atom is -0.466 e. The predicted octanol–water partition coefficient (Wildman–Crippen LogP) is 3.59. The number of likely N-dealkylation sites (tertiary alicyclic amines) is 1. The number of benzene rings is 1. The Kier molecular flexibility index (Phi) is 7.35. The number of tetrazole rings is 1. The van der Waals surface area contributed by atoms with E-state index in [-0.39, 0.29) is 23.0 Å². The van der Waals surface area contributed by atoms with E-state index in [0.717, 1.165) is 23.7 Å². The molecule has 4 rings (SSSR count). The molecule has 1 aromatic carbocycles. The summed E-state index contributed by atoms with van der Waals surface area (Å²) in [6.07, 6.45) is 3.08. The molecule has 0 radical (unpaired) electrons. The Morgan fingerprint density at radius 2 is 1.94 bits per heavy atom. The van der Waals surface area contributed by atoms with Crippen LogP contribution in [0.2, 0.25) is 0 Å². The van der Waals surface area contributed by atoms with Crippen molar-refractivity contribution in [3.05, 3.63) is 51.6 Å². The number of pyridine rings is 1. The second-order valence-corrected chi connectivity index (χ2v) is 9.91. The number of aromatic nitrogens is 5. The van der Waals surface area contributed by atoms with Crippen LogP contribution in [-0.2, 0) is 21.5 Å². The summed E-state index contributed by atoms with van der Waals surface area (Å²) in [6.45, 7) is 11.9. The van der Waals surface area contributed by atoms with Gasteiger partial charge in [-0.1, -0.05) is 19.9 Å². The van der Waals surface area contributed by atoms with Crippen LogP contribution in [0, 0.1) is 5.92 Å². The Labute approximate surface area is 205 Å². The van der Waals surface area contributed by atoms with E-state index >= 15 is 0 Å². The van der Waals surface area contributed by atoms with Gasteiger partial charge in [-0.3, -0.25) is 14.5 Å². The molecule has 1 unspecified atom stereocenters. The normalized spacial score (nSPS) is 16.5. The van der Waals surface area contributed by atoms with Crippen molar-refractivity contribution in [1.82, 2.24) is 30.1 Å². The predicted molar refractivity (Wildman–Crippen MR) is 134 cm³/mol. The monoisotopic (exact) mass is 480 g/mol. The molecule has 1 saturated heterocycles. The first-order valence-corrected chi connectivity index (χ1v) is 12.6. The number of hydrogen-bond acceptors (Lipinski definition) is 7. The highest BCUT2D eigenvalue weighted by atomic mass is 16.5. The standard InChI is InChI=1S/C26H36N6O3/c1-6-17-9-10-21-19(15-17)16-20(24(33)27-21)22(23-28-29-30-32(23)26(4,5)7-2)31-13-11-18(12-14-31)25(34)35-8-3/h9-10,15-16,18,22H,6-8,11-14H2,1-5H3,(H,27,33). The number of piperidine rings is 1. The number of esters is 1. The van der Waals surface area contributed by atoms with Gasteiger partial charge in [0.15, 0.2) is 5.82 Å². The first kappa shape index (κ1) is 25.0. The number of fused-ring (bicyclic) bond motifs is 1. The molecular formula is C26H36N6O3. The van der Waals surface area contributed by atoms with Crippen LogP contribution >= 0.6 is 0 Å². The van der Waals surface area contributed by atoms with Crippen molar-refractivity contribution in [2.45, 2.75) is 71.9 Å². The summed E-state index contributed by atoms with van der Waals surface area (Å²) in [4.78, 5) is 31.0. The van der Waals surface area contributed by atoms with E-state index in [0.29, 0.717) is 43.9 Å². The molecule has 3 heterocycles. The Bertz CT molecular complexity index is 1240. The van der Waals surface area contributed by atoms with E-state index in [1.54, 1.807) is 0 Å². The van der Waals surface area contributed by atoms with E-state index in [9.17, 15) is 9.59 Å². The van der Waals surface area contributed by atoms with Gasteiger partial charge in [0.25, 0.3) is 5.56 Å². The van der Waals surface area contributed by atoms with Crippen molar-refractivity contribution in [2.24, 2.45) is 5.92 Å². The van der Waals surface area contributed by atoms with Gasteiger partial charge < -0.3 is 9.72 Å². The molecule has 2 aromatic heterocycles. The molecule has 1 aliphatic heterocycles. The second-order valence-electron chi connectivity index (χ2n) is 9.91. The van der Waals surface area contributed by atoms with Gasteiger partial charge in [0.05, 0.1) is 18.1 Å². The summed E-state index contributed by atoms with van der Waals surface area (Å²) in [7, 11) is 0. The first-order valence-electron chi connectivity index (χ1n) is 12.6. The smallest absolute Gasteiger partial charge is 0.309 e. The molecule has 0 saturated carbocycles. The Morgan fingerprint density at radius 3 is 2.60 bits per heavy atom. The molecule has 0 spiro atoms. The highest BCUT2D eigenvalue weighted by Gasteiger charge is 2.37. The van der Waals surface area contributed by atoms with E-state index in [2.05, 4.69) is 59.2 Å². The van der Waals surface area contributed by atoms with Crippen molar-refractivity contribution >= 4 is 16.9 Å². The lowest BCUT2D eigenvalue weighted by atomic mass is 9.93. The molecule has 9 heteroatoms. The summed E-state index contributed by atoms with van der Waals surface area (Å²) >= 11 is 0. The zero-order chi connectivity index (χ0) is 25.2. The third kappa shape index (κ3) is 5.00. The summed E-state index contributed by atoms with van der Waals surface area (Å²) in [5.74, 6) is 0.371. The number of hydrogen-bond donors (Lipinski definition) is 1. The minimum atomic E-state index is -0.433.